The molecule has 2 rings (SSSR count). The number of sulfonamides is 1. The van der Waals surface area contributed by atoms with Crippen LogP contribution in [0, 0.1) is 15.5 Å². The van der Waals surface area contributed by atoms with Crippen LogP contribution >= 0.6 is 0 Å². The third kappa shape index (κ3) is 4.29. The number of esters is 1. The van der Waals surface area contributed by atoms with Crippen LogP contribution in [-0.4, -0.2) is 43.0 Å². The number of nitro groups is 1. The molecule has 0 aliphatic carbocycles. The number of carbonyl (C=O) groups excluding carboxylic acids is 1. The van der Waals surface area contributed by atoms with E-state index in [2.05, 4.69) is 9.84 Å². The number of hydrogen-bond acceptors (Lipinski definition) is 8. The van der Waals surface area contributed by atoms with Gasteiger partial charge in [0.05, 0.1) is 23.8 Å². The number of methoxy groups -OCH3 is 1. The lowest BCUT2D eigenvalue weighted by Crippen LogP contribution is -2.38. The van der Waals surface area contributed by atoms with Gasteiger partial charge < -0.3 is 10.5 Å². The van der Waals surface area contributed by atoms with Crippen LogP contribution < -0.4 is 5.73 Å². The Kier molecular flexibility index (Phi) is 6.05. The molecule has 0 saturated heterocycles. The fourth-order valence-corrected chi connectivity index (χ4v) is 3.41. The first kappa shape index (κ1) is 20.5. The number of hydrazone groups is 1. The zero-order valence-corrected chi connectivity index (χ0v) is 15.3. The second kappa shape index (κ2) is 8.26. The van der Waals surface area contributed by atoms with Gasteiger partial charge in [-0.25, -0.2) is 4.79 Å². The second-order valence-electron chi connectivity index (χ2n) is 5.21. The van der Waals surface area contributed by atoms with Crippen LogP contribution in [-0.2, 0) is 14.8 Å². The molecule has 0 atom stereocenters. The van der Waals surface area contributed by atoms with Crippen LogP contribution in [0.3, 0.4) is 0 Å². The van der Waals surface area contributed by atoms with Crippen molar-refractivity contribution in [1.82, 2.24) is 4.41 Å². The molecule has 0 amide bonds. The lowest BCUT2D eigenvalue weighted by molar-refractivity contribution is -0.384. The Labute approximate surface area is 159 Å². The van der Waals surface area contributed by atoms with E-state index in [1.807, 2.05) is 0 Å². The molecular formula is C16H15N5O6S. The van der Waals surface area contributed by atoms with Crippen molar-refractivity contribution in [2.24, 2.45) is 10.8 Å². The molecular weight excluding hydrogens is 390 g/mol. The van der Waals surface area contributed by atoms with Crippen molar-refractivity contribution >= 4 is 33.9 Å². The Morgan fingerprint density at radius 3 is 2.39 bits per heavy atom. The van der Waals surface area contributed by atoms with Crippen molar-refractivity contribution in [3.63, 3.8) is 0 Å². The summed E-state index contributed by atoms with van der Waals surface area (Å²) < 4.78 is 30.6. The highest BCUT2D eigenvalue weighted by Gasteiger charge is 2.30. The lowest BCUT2D eigenvalue weighted by atomic mass is 10.2. The van der Waals surface area contributed by atoms with Gasteiger partial charge >= 0.3 is 5.97 Å². The van der Waals surface area contributed by atoms with Gasteiger partial charge in [-0.2, -0.15) is 13.5 Å². The fraction of sp³-hybridized carbons (Fsp3) is 0.0625. The minimum absolute atomic E-state index is 0.153. The highest BCUT2D eigenvalue weighted by atomic mass is 32.2. The van der Waals surface area contributed by atoms with E-state index in [9.17, 15) is 23.3 Å². The quantitative estimate of drug-likeness (QED) is 0.240. The molecule has 28 heavy (non-hydrogen) atoms. The molecule has 0 bridgehead atoms. The molecule has 0 aliphatic rings. The predicted molar refractivity (Wildman–Crippen MR) is 99.4 cm³/mol. The zero-order valence-electron chi connectivity index (χ0n) is 14.5. The third-order valence-electron chi connectivity index (χ3n) is 3.42. The first-order chi connectivity index (χ1) is 13.2. The standard InChI is InChI=1S/C16H15N5O6S/c1-27-15(22)13-4-2-3-5-14(13)28(25,26)20(16(17)18)19-10-11-6-8-12(9-7-11)21(23)24/h2-10H,1H3,(H3,17,18)/b19-10+. The highest BCUT2D eigenvalue weighted by molar-refractivity contribution is 7.89. The Hall–Kier alpha value is -3.80. The zero-order chi connectivity index (χ0) is 20.9. The number of nitrogens with two attached hydrogens (primary N) is 1. The molecule has 0 saturated carbocycles. The van der Waals surface area contributed by atoms with E-state index < -0.39 is 31.8 Å². The number of nitrogens with zero attached hydrogens (tertiary/aromatic N) is 3. The van der Waals surface area contributed by atoms with Crippen LogP contribution in [0.4, 0.5) is 5.69 Å². The average molecular weight is 405 g/mol. The van der Waals surface area contributed by atoms with E-state index in [-0.39, 0.29) is 15.7 Å². The summed E-state index contributed by atoms with van der Waals surface area (Å²) in [6.45, 7) is 0. The number of non-ortho nitro benzene ring substituents is 1. The number of guanidine groups is 1. The molecule has 11 nitrogen and oxygen atoms in total. The highest BCUT2D eigenvalue weighted by Crippen LogP contribution is 2.21. The summed E-state index contributed by atoms with van der Waals surface area (Å²) in [6, 6.07) is 10.3. The summed E-state index contributed by atoms with van der Waals surface area (Å²) in [5, 5.41) is 21.9. The van der Waals surface area contributed by atoms with Gasteiger partial charge in [0.15, 0.2) is 0 Å². The molecule has 2 aromatic rings. The maximum Gasteiger partial charge on any atom is 0.339 e. The molecule has 0 spiro atoms. The number of rotatable bonds is 6. The Morgan fingerprint density at radius 2 is 1.86 bits per heavy atom. The molecule has 0 unspecified atom stereocenters. The van der Waals surface area contributed by atoms with Gasteiger partial charge in [0, 0.05) is 12.1 Å². The lowest BCUT2D eigenvalue weighted by Gasteiger charge is -2.18. The third-order valence-corrected chi connectivity index (χ3v) is 5.08. The molecule has 2 aromatic carbocycles. The van der Waals surface area contributed by atoms with Crippen molar-refractivity contribution in [2.75, 3.05) is 7.11 Å². The smallest absolute Gasteiger partial charge is 0.339 e. The summed E-state index contributed by atoms with van der Waals surface area (Å²) in [7, 11) is -3.40. The summed E-state index contributed by atoms with van der Waals surface area (Å²) in [5.41, 5.74) is 5.28. The largest absolute Gasteiger partial charge is 0.465 e. The van der Waals surface area contributed by atoms with Crippen molar-refractivity contribution in [1.29, 1.82) is 5.41 Å². The predicted octanol–water partition coefficient (Wildman–Crippen LogP) is 1.30. The van der Waals surface area contributed by atoms with Gasteiger partial charge in [0.2, 0.25) is 5.96 Å². The Balaban J connectivity index is 2.44. The molecule has 12 heteroatoms. The van der Waals surface area contributed by atoms with Crippen molar-refractivity contribution in [3.8, 4) is 0 Å². The Morgan fingerprint density at radius 1 is 1.25 bits per heavy atom. The van der Waals surface area contributed by atoms with Crippen molar-refractivity contribution in [2.45, 2.75) is 4.90 Å². The van der Waals surface area contributed by atoms with Gasteiger partial charge in [0.1, 0.15) is 4.90 Å². The van der Waals surface area contributed by atoms with Gasteiger partial charge in [-0.15, -0.1) is 4.41 Å². The van der Waals surface area contributed by atoms with Crippen LogP contribution in [0.1, 0.15) is 15.9 Å². The topological polar surface area (TPSA) is 169 Å². The SMILES string of the molecule is COC(=O)c1ccccc1S(=O)(=O)N(/N=C/c1ccc([N+](=O)[O-])cc1)C(=N)N. The number of benzene rings is 2. The average Bonchev–Trinajstić information content (AvgIpc) is 2.67. The van der Waals surface area contributed by atoms with E-state index in [0.717, 1.165) is 19.4 Å². The number of hydrogen-bond donors (Lipinski definition) is 2. The number of ether oxygens (including phenoxy) is 1. The van der Waals surface area contributed by atoms with Crippen molar-refractivity contribution < 1.29 is 22.9 Å². The van der Waals surface area contributed by atoms with E-state index in [0.29, 0.717) is 5.56 Å². The maximum absolute atomic E-state index is 12.9. The van der Waals surface area contributed by atoms with E-state index in [1.54, 1.807) is 0 Å². The maximum atomic E-state index is 12.9. The molecule has 0 heterocycles. The van der Waals surface area contributed by atoms with Crippen LogP contribution in [0.25, 0.3) is 0 Å². The van der Waals surface area contributed by atoms with Gasteiger partial charge in [0.25, 0.3) is 15.7 Å². The van der Waals surface area contributed by atoms with E-state index in [1.165, 1.54) is 42.5 Å². The van der Waals surface area contributed by atoms with Crippen LogP contribution in [0.5, 0.6) is 0 Å². The van der Waals surface area contributed by atoms with E-state index >= 15 is 0 Å². The Bertz CT molecular complexity index is 1050. The second-order valence-corrected chi connectivity index (χ2v) is 6.95. The number of nitrogens with one attached hydrogen (secondary N) is 1. The number of nitro benzene ring substituents is 1. The van der Waals surface area contributed by atoms with Crippen LogP contribution in [0.2, 0.25) is 0 Å². The number of carbonyl (C=O) groups is 1. The minimum atomic E-state index is -4.50. The summed E-state index contributed by atoms with van der Waals surface area (Å²) in [5.74, 6) is -1.81. The van der Waals surface area contributed by atoms with Gasteiger partial charge in [-0.3, -0.25) is 15.5 Å². The van der Waals surface area contributed by atoms with Crippen molar-refractivity contribution in [3.05, 3.63) is 69.8 Å². The molecule has 0 aromatic heterocycles. The molecule has 0 radical (unpaired) electrons. The van der Waals surface area contributed by atoms with Gasteiger partial charge in [-0.05, 0) is 29.8 Å². The normalized spacial score (nSPS) is 11.2. The molecule has 3 N–H and O–H groups in total. The molecule has 0 fully saturated rings. The first-order valence-electron chi connectivity index (χ1n) is 7.53. The van der Waals surface area contributed by atoms with Gasteiger partial charge in [-0.1, -0.05) is 12.1 Å². The van der Waals surface area contributed by atoms with E-state index in [4.69, 9.17) is 11.1 Å². The monoisotopic (exact) mass is 405 g/mol. The summed E-state index contributed by atoms with van der Waals surface area (Å²) in [6.07, 6.45) is 1.06. The summed E-state index contributed by atoms with van der Waals surface area (Å²) >= 11 is 0. The molecule has 0 aliphatic heterocycles. The minimum Gasteiger partial charge on any atom is -0.465 e. The van der Waals surface area contributed by atoms with Crippen LogP contribution in [0.15, 0.2) is 58.5 Å². The first-order valence-corrected chi connectivity index (χ1v) is 8.97. The molecule has 146 valence electrons. The summed E-state index contributed by atoms with van der Waals surface area (Å²) in [4.78, 5) is 21.5. The fourth-order valence-electron chi connectivity index (χ4n) is 2.12.